The molecule has 0 spiro atoms. The van der Waals surface area contributed by atoms with Crippen LogP contribution in [0.4, 0.5) is 0 Å². The van der Waals surface area contributed by atoms with Gasteiger partial charge in [-0.15, -0.1) is 0 Å². The average molecular weight is 455 g/mol. The molecule has 3 nitrogen and oxygen atoms in total. The molecule has 3 unspecified atom stereocenters. The lowest BCUT2D eigenvalue weighted by molar-refractivity contribution is -0.235. The van der Waals surface area contributed by atoms with Gasteiger partial charge < -0.3 is 5.11 Å². The van der Waals surface area contributed by atoms with Gasteiger partial charge in [-0.25, -0.2) is 0 Å². The van der Waals surface area contributed by atoms with Crippen LogP contribution in [0.1, 0.15) is 106 Å². The van der Waals surface area contributed by atoms with Crippen molar-refractivity contribution in [1.82, 2.24) is 0 Å². The van der Waals surface area contributed by atoms with Crippen LogP contribution in [0.5, 0.6) is 0 Å². The minimum absolute atomic E-state index is 0.164. The number of carbonyl (C=O) groups is 2. The summed E-state index contributed by atoms with van der Waals surface area (Å²) in [6, 6.07) is 0. The summed E-state index contributed by atoms with van der Waals surface area (Å²) in [5.74, 6) is 2.07. The second-order valence-corrected chi connectivity index (χ2v) is 14.3. The predicted octanol–water partition coefficient (Wildman–Crippen LogP) is 7.30. The van der Waals surface area contributed by atoms with Crippen molar-refractivity contribution >= 4 is 11.8 Å². The van der Waals surface area contributed by atoms with E-state index in [9.17, 15) is 14.7 Å². The van der Waals surface area contributed by atoms with E-state index in [1.54, 1.807) is 0 Å². The Morgan fingerprint density at radius 2 is 1.58 bits per heavy atom. The Bertz CT molecular complexity index is 902. The van der Waals surface area contributed by atoms with Gasteiger partial charge in [0.2, 0.25) is 0 Å². The van der Waals surface area contributed by atoms with Gasteiger partial charge in [0.1, 0.15) is 5.78 Å². The van der Waals surface area contributed by atoms with Crippen LogP contribution in [0, 0.1) is 56.7 Å². The van der Waals surface area contributed by atoms with Crippen molar-refractivity contribution in [2.45, 2.75) is 106 Å². The molecule has 3 heteroatoms. The Hall–Kier alpha value is -1.12. The van der Waals surface area contributed by atoms with E-state index in [4.69, 9.17) is 0 Å². The number of aliphatic carboxylic acids is 1. The SMILES string of the molecule is C=C(C)[C@@H]1CC[C@]2(C(=O)O)CC[C@]3(C)[C@H](CCC4[C@@]5(C)CCC(=O)C(C)(C)C5CC[C@]43C)C12. The molecule has 184 valence electrons. The van der Waals surface area contributed by atoms with Gasteiger partial charge in [0.05, 0.1) is 5.41 Å². The summed E-state index contributed by atoms with van der Waals surface area (Å²) in [5, 5.41) is 10.5. The van der Waals surface area contributed by atoms with Gasteiger partial charge in [-0.3, -0.25) is 9.59 Å². The minimum Gasteiger partial charge on any atom is -0.481 e. The summed E-state index contributed by atoms with van der Waals surface area (Å²) in [6.07, 6.45) is 10.1. The highest BCUT2D eigenvalue weighted by Gasteiger charge is 2.72. The van der Waals surface area contributed by atoms with E-state index < -0.39 is 11.4 Å². The molecule has 0 saturated heterocycles. The molecule has 0 heterocycles. The van der Waals surface area contributed by atoms with Crippen LogP contribution in [0.25, 0.3) is 0 Å². The van der Waals surface area contributed by atoms with E-state index in [0.717, 1.165) is 51.4 Å². The first-order valence-electron chi connectivity index (χ1n) is 13.7. The maximum Gasteiger partial charge on any atom is 0.309 e. The van der Waals surface area contributed by atoms with E-state index in [1.165, 1.54) is 18.4 Å². The number of Topliss-reactive ketones (excluding diaryl/α,β-unsaturated/α-hetero) is 1. The molecular weight excluding hydrogens is 408 g/mol. The molecule has 0 aromatic carbocycles. The number of carboxylic acid groups (broad SMARTS) is 1. The summed E-state index contributed by atoms with van der Waals surface area (Å²) in [4.78, 5) is 25.7. The van der Waals surface area contributed by atoms with Crippen molar-refractivity contribution in [3.63, 3.8) is 0 Å². The number of carboxylic acids is 1. The highest BCUT2D eigenvalue weighted by molar-refractivity contribution is 5.85. The molecule has 33 heavy (non-hydrogen) atoms. The smallest absolute Gasteiger partial charge is 0.309 e. The Labute approximate surface area is 201 Å². The number of rotatable bonds is 2. The van der Waals surface area contributed by atoms with Gasteiger partial charge in [-0.05, 0) is 111 Å². The normalized spacial score (nSPS) is 52.8. The van der Waals surface area contributed by atoms with E-state index >= 15 is 0 Å². The van der Waals surface area contributed by atoms with Crippen LogP contribution in [0.15, 0.2) is 12.2 Å². The largest absolute Gasteiger partial charge is 0.481 e. The molecule has 0 bridgehead atoms. The predicted molar refractivity (Wildman–Crippen MR) is 132 cm³/mol. The number of carbonyl (C=O) groups excluding carboxylic acids is 1. The van der Waals surface area contributed by atoms with E-state index in [1.807, 2.05) is 0 Å². The molecule has 5 fully saturated rings. The van der Waals surface area contributed by atoms with Crippen LogP contribution in [0.3, 0.4) is 0 Å². The molecule has 0 amide bonds. The second-order valence-electron chi connectivity index (χ2n) is 14.3. The van der Waals surface area contributed by atoms with Crippen LogP contribution in [-0.2, 0) is 9.59 Å². The molecule has 0 aliphatic heterocycles. The van der Waals surface area contributed by atoms with Gasteiger partial charge in [0.25, 0.3) is 0 Å². The zero-order valence-corrected chi connectivity index (χ0v) is 21.9. The molecule has 1 N–H and O–H groups in total. The summed E-state index contributed by atoms with van der Waals surface area (Å²) in [5.41, 5.74) is 1.03. The Morgan fingerprint density at radius 1 is 0.879 bits per heavy atom. The summed E-state index contributed by atoms with van der Waals surface area (Å²) in [7, 11) is 0. The van der Waals surface area contributed by atoms with Crippen molar-refractivity contribution in [1.29, 1.82) is 0 Å². The monoisotopic (exact) mass is 454 g/mol. The maximum atomic E-state index is 12.9. The zero-order valence-electron chi connectivity index (χ0n) is 21.9. The first-order valence-corrected chi connectivity index (χ1v) is 13.7. The van der Waals surface area contributed by atoms with Gasteiger partial charge in [-0.1, -0.05) is 46.8 Å². The molecule has 0 radical (unpaired) electrons. The molecular formula is C30H46O3. The van der Waals surface area contributed by atoms with Crippen molar-refractivity contribution in [2.24, 2.45) is 56.7 Å². The minimum atomic E-state index is -0.547. The summed E-state index contributed by atoms with van der Waals surface area (Å²) >= 11 is 0. The zero-order chi connectivity index (χ0) is 24.2. The van der Waals surface area contributed by atoms with E-state index in [-0.39, 0.29) is 27.6 Å². The van der Waals surface area contributed by atoms with Crippen molar-refractivity contribution in [2.75, 3.05) is 0 Å². The topological polar surface area (TPSA) is 54.4 Å². The Morgan fingerprint density at radius 3 is 2.21 bits per heavy atom. The molecule has 5 rings (SSSR count). The first-order chi connectivity index (χ1) is 15.3. The summed E-state index contributed by atoms with van der Waals surface area (Å²) < 4.78 is 0. The fourth-order valence-corrected chi connectivity index (χ4v) is 11.3. The van der Waals surface area contributed by atoms with Gasteiger partial charge >= 0.3 is 5.97 Å². The number of hydrogen-bond donors (Lipinski definition) is 1. The molecule has 5 saturated carbocycles. The number of fused-ring (bicyclic) bond motifs is 7. The standard InChI is InChI=1S/C30H46O3/c1-18(2)19-10-15-30(25(32)33)17-16-28(6)20(24(19)30)8-9-22-27(5)13-12-23(31)26(3,4)21(27)11-14-29(22,28)7/h19-22,24H,1,8-17H2,2-7H3,(H,32,33)/t19-,20+,21?,22?,24?,27-,28+,29+,30-/m0/s1. The lowest BCUT2D eigenvalue weighted by atomic mass is 9.32. The van der Waals surface area contributed by atoms with Crippen molar-refractivity contribution in [3.05, 3.63) is 12.2 Å². The van der Waals surface area contributed by atoms with Crippen LogP contribution >= 0.6 is 0 Å². The van der Waals surface area contributed by atoms with Crippen LogP contribution < -0.4 is 0 Å². The fourth-order valence-electron chi connectivity index (χ4n) is 11.3. The van der Waals surface area contributed by atoms with Gasteiger partial charge in [0.15, 0.2) is 0 Å². The Kier molecular flexibility index (Phi) is 4.99. The molecule has 5 aliphatic carbocycles. The molecule has 5 aliphatic rings. The number of hydrogen-bond acceptors (Lipinski definition) is 2. The van der Waals surface area contributed by atoms with Crippen molar-refractivity contribution in [3.8, 4) is 0 Å². The molecule has 0 aromatic heterocycles. The van der Waals surface area contributed by atoms with Gasteiger partial charge in [0, 0.05) is 11.8 Å². The van der Waals surface area contributed by atoms with E-state index in [0.29, 0.717) is 29.5 Å². The second kappa shape index (κ2) is 6.97. The number of allylic oxidation sites excluding steroid dienone is 1. The maximum absolute atomic E-state index is 12.9. The molecule has 0 aromatic rings. The first kappa shape index (κ1) is 23.6. The third-order valence-electron chi connectivity index (χ3n) is 13.2. The quantitative estimate of drug-likeness (QED) is 0.445. The molecule has 9 atom stereocenters. The summed E-state index contributed by atoms with van der Waals surface area (Å²) in [6.45, 7) is 18.5. The third-order valence-corrected chi connectivity index (χ3v) is 13.2. The van der Waals surface area contributed by atoms with Crippen molar-refractivity contribution < 1.29 is 14.7 Å². The lowest BCUT2D eigenvalue weighted by Gasteiger charge is -2.72. The van der Waals surface area contributed by atoms with E-state index in [2.05, 4.69) is 48.1 Å². The van der Waals surface area contributed by atoms with Crippen LogP contribution in [-0.4, -0.2) is 16.9 Å². The highest BCUT2D eigenvalue weighted by atomic mass is 16.4. The lowest BCUT2D eigenvalue weighted by Crippen LogP contribution is -2.66. The number of ketones is 1. The Balaban J connectivity index is 1.57. The average Bonchev–Trinajstić information content (AvgIpc) is 3.13. The van der Waals surface area contributed by atoms with Gasteiger partial charge in [-0.2, -0.15) is 0 Å². The third kappa shape index (κ3) is 2.69. The van der Waals surface area contributed by atoms with Crippen LogP contribution in [0.2, 0.25) is 0 Å². The highest BCUT2D eigenvalue weighted by Crippen LogP contribution is 2.77. The fraction of sp³-hybridized carbons (Fsp3) is 0.867.